The molecule has 3 atom stereocenters. The number of sulfonamides is 1. The van der Waals surface area contributed by atoms with Crippen LogP contribution < -0.4 is 4.72 Å². The van der Waals surface area contributed by atoms with E-state index in [1.54, 1.807) is 19.0 Å². The normalized spacial score (nSPS) is 17.8. The molecule has 0 radical (unpaired) electrons. The molecule has 15 heteroatoms. The predicted octanol–water partition coefficient (Wildman–Crippen LogP) is 5.46. The predicted molar refractivity (Wildman–Crippen MR) is 103 cm³/mol. The maximum atomic E-state index is 13.8. The number of hydrogen-bond acceptors (Lipinski definition) is 3. The second-order valence-corrected chi connectivity index (χ2v) is 10.4. The van der Waals surface area contributed by atoms with Crippen molar-refractivity contribution in [3.05, 3.63) is 0 Å². The minimum atomic E-state index is -5.68. The van der Waals surface area contributed by atoms with Crippen LogP contribution in [0.1, 0.15) is 45.4 Å². The van der Waals surface area contributed by atoms with E-state index in [-0.39, 0.29) is 19.9 Å². The van der Waals surface area contributed by atoms with Crippen LogP contribution in [-0.2, 0) is 10.0 Å². The zero-order valence-corrected chi connectivity index (χ0v) is 19.3. The summed E-state index contributed by atoms with van der Waals surface area (Å²) in [5.41, 5.74) is -4.32. The van der Waals surface area contributed by atoms with Gasteiger partial charge in [0, 0.05) is 13.0 Å². The van der Waals surface area contributed by atoms with Crippen molar-refractivity contribution in [2.45, 2.75) is 69.6 Å². The Morgan fingerprint density at radius 3 is 1.76 bits per heavy atom. The molecule has 4 nitrogen and oxygen atoms in total. The Bertz CT molecular complexity index is 673. The number of halogens is 10. The molecule has 33 heavy (non-hydrogen) atoms. The molecule has 0 amide bonds. The first-order valence-corrected chi connectivity index (χ1v) is 11.7. The number of hydrogen-bond donors (Lipinski definition) is 1. The first-order valence-electron chi connectivity index (χ1n) is 10.1. The molecule has 1 N–H and O–H groups in total. The van der Waals surface area contributed by atoms with Crippen LogP contribution in [0.15, 0.2) is 0 Å². The summed E-state index contributed by atoms with van der Waals surface area (Å²) in [5, 5.41) is 0. The molecule has 0 spiro atoms. The zero-order valence-electron chi connectivity index (χ0n) is 18.5. The second-order valence-electron chi connectivity index (χ2n) is 8.48. The Morgan fingerprint density at radius 1 is 0.818 bits per heavy atom. The molecule has 0 heterocycles. The molecule has 0 bridgehead atoms. The van der Waals surface area contributed by atoms with Crippen molar-refractivity contribution in [2.75, 3.05) is 32.9 Å². The van der Waals surface area contributed by atoms with Gasteiger partial charge in [-0.15, -0.1) is 0 Å². The molecular weight excluding hydrogens is 498 g/mol. The van der Waals surface area contributed by atoms with Gasteiger partial charge in [-0.2, -0.15) is 39.5 Å². The van der Waals surface area contributed by atoms with E-state index < -0.39 is 77.5 Å². The summed E-state index contributed by atoms with van der Waals surface area (Å²) in [4.78, 5) is 1.81. The van der Waals surface area contributed by atoms with Gasteiger partial charge >= 0.3 is 18.5 Å². The number of unbranched alkanes of at least 4 members (excludes halogenated alkanes) is 1. The van der Waals surface area contributed by atoms with E-state index in [9.17, 15) is 52.3 Å². The molecule has 0 aromatic carbocycles. The summed E-state index contributed by atoms with van der Waals surface area (Å²) >= 11 is 0. The highest BCUT2D eigenvalue weighted by atomic mass is 32.2. The highest BCUT2D eigenvalue weighted by Gasteiger charge is 2.57. The Kier molecular flexibility index (Phi) is 11.9. The van der Waals surface area contributed by atoms with Crippen molar-refractivity contribution in [2.24, 2.45) is 11.8 Å². The highest BCUT2D eigenvalue weighted by Crippen LogP contribution is 2.47. The van der Waals surface area contributed by atoms with Crippen molar-refractivity contribution in [3.8, 4) is 0 Å². The topological polar surface area (TPSA) is 49.4 Å². The second kappa shape index (κ2) is 12.2. The largest absolute Gasteiger partial charge is 0.422 e. The van der Waals surface area contributed by atoms with Gasteiger partial charge in [-0.25, -0.2) is 17.5 Å². The van der Waals surface area contributed by atoms with E-state index in [0.29, 0.717) is 13.0 Å². The average molecular weight is 528 g/mol. The molecule has 0 aliphatic heterocycles. The SMILES string of the molecule is CN(C)CCCNS(=O)(=O)CCCCC(CC(CC(C)(F)C(F)(F)F)C(F)(F)F)C(F)(F)F. The molecule has 200 valence electrons. The summed E-state index contributed by atoms with van der Waals surface area (Å²) in [5.74, 6) is -6.40. The molecule has 0 saturated heterocycles. The lowest BCUT2D eigenvalue weighted by molar-refractivity contribution is -0.255. The van der Waals surface area contributed by atoms with Gasteiger partial charge in [0.25, 0.3) is 0 Å². The van der Waals surface area contributed by atoms with Gasteiger partial charge in [-0.1, -0.05) is 6.42 Å². The maximum absolute atomic E-state index is 13.8. The van der Waals surface area contributed by atoms with Crippen LogP contribution in [0.5, 0.6) is 0 Å². The van der Waals surface area contributed by atoms with E-state index >= 15 is 0 Å². The van der Waals surface area contributed by atoms with Gasteiger partial charge in [0.15, 0.2) is 0 Å². The molecular formula is C18H30F10N2O2S. The van der Waals surface area contributed by atoms with Gasteiger partial charge in [-0.05, 0) is 53.2 Å². The van der Waals surface area contributed by atoms with Crippen molar-refractivity contribution in [1.29, 1.82) is 0 Å². The summed E-state index contributed by atoms with van der Waals surface area (Å²) in [6, 6.07) is 0. The fraction of sp³-hybridized carbons (Fsp3) is 1.00. The van der Waals surface area contributed by atoms with Crippen molar-refractivity contribution in [1.82, 2.24) is 9.62 Å². The lowest BCUT2D eigenvalue weighted by Gasteiger charge is -2.32. The van der Waals surface area contributed by atoms with Crippen LogP contribution in [0.3, 0.4) is 0 Å². The standard InChI is InChI=1S/C18H30F10N2O2S/c1-15(19,18(26,27)28)12-14(17(23,24)25)11-13(16(20,21)22)7-4-5-10-33(31,32)29-8-6-9-30(2)3/h13-14,29H,4-12H2,1-3H3. The number of nitrogens with zero attached hydrogens (tertiary/aromatic N) is 1. The number of alkyl halides is 10. The monoisotopic (exact) mass is 528 g/mol. The smallest absolute Gasteiger partial charge is 0.309 e. The fourth-order valence-electron chi connectivity index (χ4n) is 3.05. The molecule has 0 aliphatic rings. The van der Waals surface area contributed by atoms with E-state index in [1.165, 1.54) is 0 Å². The molecule has 0 aromatic heterocycles. The minimum Gasteiger partial charge on any atom is -0.309 e. The van der Waals surface area contributed by atoms with Gasteiger partial charge < -0.3 is 4.90 Å². The molecule has 0 aliphatic carbocycles. The Morgan fingerprint density at radius 2 is 1.33 bits per heavy atom. The first-order chi connectivity index (χ1) is 14.6. The van der Waals surface area contributed by atoms with Crippen LogP contribution in [0.25, 0.3) is 0 Å². The third-order valence-corrected chi connectivity index (χ3v) is 6.51. The van der Waals surface area contributed by atoms with Crippen LogP contribution in [-0.4, -0.2) is 70.5 Å². The molecule has 0 saturated carbocycles. The van der Waals surface area contributed by atoms with Crippen LogP contribution in [0.4, 0.5) is 43.9 Å². The van der Waals surface area contributed by atoms with E-state index in [4.69, 9.17) is 0 Å². The average Bonchev–Trinajstić information content (AvgIpc) is 2.57. The zero-order chi connectivity index (χ0) is 26.3. The van der Waals surface area contributed by atoms with Gasteiger partial charge in [-0.3, -0.25) is 0 Å². The molecule has 0 fully saturated rings. The molecule has 0 aromatic rings. The van der Waals surface area contributed by atoms with Crippen molar-refractivity contribution < 1.29 is 52.3 Å². The lowest BCUT2D eigenvalue weighted by Crippen LogP contribution is -2.43. The van der Waals surface area contributed by atoms with Gasteiger partial charge in [0.05, 0.1) is 17.6 Å². The third-order valence-electron chi connectivity index (χ3n) is 5.04. The van der Waals surface area contributed by atoms with Crippen molar-refractivity contribution >= 4 is 10.0 Å². The van der Waals surface area contributed by atoms with Crippen LogP contribution in [0, 0.1) is 11.8 Å². The van der Waals surface area contributed by atoms with Crippen molar-refractivity contribution in [3.63, 3.8) is 0 Å². The quantitative estimate of drug-likeness (QED) is 0.241. The minimum absolute atomic E-state index is 0.0974. The summed E-state index contributed by atoms with van der Waals surface area (Å²) in [6.45, 7) is 0.535. The Balaban J connectivity index is 5.03. The van der Waals surface area contributed by atoms with E-state index in [2.05, 4.69) is 4.72 Å². The number of nitrogens with one attached hydrogen (secondary N) is 1. The molecule has 0 rings (SSSR count). The Hall–Kier alpha value is -0.830. The Labute approximate surface area is 187 Å². The van der Waals surface area contributed by atoms with Crippen LogP contribution >= 0.6 is 0 Å². The van der Waals surface area contributed by atoms with E-state index in [1.807, 2.05) is 0 Å². The maximum Gasteiger partial charge on any atom is 0.422 e. The van der Waals surface area contributed by atoms with E-state index in [0.717, 1.165) is 0 Å². The third kappa shape index (κ3) is 13.0. The number of rotatable bonds is 14. The first kappa shape index (κ1) is 32.2. The van der Waals surface area contributed by atoms with Gasteiger partial charge in [0.2, 0.25) is 15.7 Å². The summed E-state index contributed by atoms with van der Waals surface area (Å²) < 4.78 is 157. The fourth-order valence-corrected chi connectivity index (χ4v) is 4.23. The van der Waals surface area contributed by atoms with Gasteiger partial charge in [0.1, 0.15) is 0 Å². The summed E-state index contributed by atoms with van der Waals surface area (Å²) in [6.07, 6.45) is -21.5. The summed E-state index contributed by atoms with van der Waals surface area (Å²) in [7, 11) is -0.264. The highest BCUT2D eigenvalue weighted by molar-refractivity contribution is 7.89. The van der Waals surface area contributed by atoms with Crippen LogP contribution in [0.2, 0.25) is 0 Å². The molecule has 3 unspecified atom stereocenters. The lowest BCUT2D eigenvalue weighted by atomic mass is 9.83.